The van der Waals surface area contributed by atoms with Gasteiger partial charge in [-0.15, -0.1) is 0 Å². The van der Waals surface area contributed by atoms with Gasteiger partial charge < -0.3 is 5.73 Å². The highest BCUT2D eigenvalue weighted by molar-refractivity contribution is 7.86. The van der Waals surface area contributed by atoms with E-state index in [0.717, 1.165) is 12.8 Å². The second-order valence-corrected chi connectivity index (χ2v) is 4.13. The van der Waals surface area contributed by atoms with Gasteiger partial charge in [0.25, 0.3) is 10.1 Å². The van der Waals surface area contributed by atoms with E-state index in [9.17, 15) is 8.42 Å². The molecule has 0 aliphatic rings. The van der Waals surface area contributed by atoms with Gasteiger partial charge in [0.05, 0.1) is 12.9 Å². The number of unbranched alkanes of at least 4 members (excludes halogenated alkanes) is 2. The topological polar surface area (TPSA) is 69.4 Å². The monoisotopic (exact) mass is 181 g/mol. The van der Waals surface area contributed by atoms with E-state index in [1.807, 2.05) is 0 Å². The van der Waals surface area contributed by atoms with E-state index in [1.54, 1.807) is 0 Å². The van der Waals surface area contributed by atoms with E-state index in [1.165, 1.54) is 7.11 Å². The maximum atomic E-state index is 10.7. The Morgan fingerprint density at radius 2 is 1.91 bits per heavy atom. The van der Waals surface area contributed by atoms with Crippen LogP contribution in [0.3, 0.4) is 0 Å². The molecule has 4 nitrogen and oxygen atoms in total. The highest BCUT2D eigenvalue weighted by Gasteiger charge is 2.06. The van der Waals surface area contributed by atoms with Crippen LogP contribution in [0, 0.1) is 0 Å². The van der Waals surface area contributed by atoms with Crippen molar-refractivity contribution in [2.24, 2.45) is 5.73 Å². The van der Waals surface area contributed by atoms with Crippen molar-refractivity contribution in [2.75, 3.05) is 19.4 Å². The molecule has 0 atom stereocenters. The average molecular weight is 181 g/mol. The zero-order valence-corrected chi connectivity index (χ0v) is 7.56. The normalized spacial score (nSPS) is 11.8. The Kier molecular flexibility index (Phi) is 5.45. The maximum Gasteiger partial charge on any atom is 0.267 e. The molecule has 0 saturated carbocycles. The van der Waals surface area contributed by atoms with E-state index in [4.69, 9.17) is 5.73 Å². The Morgan fingerprint density at radius 1 is 1.27 bits per heavy atom. The smallest absolute Gasteiger partial charge is 0.267 e. The molecular formula is C6H15NO3S. The quantitative estimate of drug-likeness (QED) is 0.466. The van der Waals surface area contributed by atoms with Crippen LogP contribution >= 0.6 is 0 Å². The Labute approximate surface area is 67.9 Å². The van der Waals surface area contributed by atoms with Crippen molar-refractivity contribution in [3.05, 3.63) is 0 Å². The van der Waals surface area contributed by atoms with Gasteiger partial charge in [-0.2, -0.15) is 8.42 Å². The lowest BCUT2D eigenvalue weighted by Crippen LogP contribution is -2.08. The fourth-order valence-electron chi connectivity index (χ4n) is 0.683. The molecule has 0 aromatic carbocycles. The standard InChI is InChI=1S/C6H15NO3S/c1-10-11(8,9)6-4-2-3-5-7/h2-7H2,1H3. The van der Waals surface area contributed by atoms with E-state index in [0.29, 0.717) is 13.0 Å². The molecule has 0 heterocycles. The summed E-state index contributed by atoms with van der Waals surface area (Å²) in [5.74, 6) is 0.101. The third kappa shape index (κ3) is 6.28. The molecule has 5 heteroatoms. The molecule has 0 aliphatic carbocycles. The zero-order valence-electron chi connectivity index (χ0n) is 6.75. The first-order valence-electron chi connectivity index (χ1n) is 3.61. The van der Waals surface area contributed by atoms with Gasteiger partial charge in [-0.3, -0.25) is 4.18 Å². The maximum absolute atomic E-state index is 10.7. The molecule has 0 bridgehead atoms. The molecule has 0 saturated heterocycles. The molecule has 68 valence electrons. The number of rotatable bonds is 6. The van der Waals surface area contributed by atoms with Crippen molar-refractivity contribution in [3.8, 4) is 0 Å². The first-order valence-corrected chi connectivity index (χ1v) is 5.18. The fourth-order valence-corrected chi connectivity index (χ4v) is 1.41. The van der Waals surface area contributed by atoms with Crippen LogP contribution in [-0.2, 0) is 14.3 Å². The summed E-state index contributed by atoms with van der Waals surface area (Å²) >= 11 is 0. The van der Waals surface area contributed by atoms with Crippen molar-refractivity contribution >= 4 is 10.1 Å². The second kappa shape index (κ2) is 5.51. The predicted octanol–water partition coefficient (Wildman–Crippen LogP) is 0.0916. The SMILES string of the molecule is COS(=O)(=O)CCCCCN. The Balaban J connectivity index is 3.39. The summed E-state index contributed by atoms with van der Waals surface area (Å²) < 4.78 is 25.7. The van der Waals surface area contributed by atoms with Crippen LogP contribution in [0.5, 0.6) is 0 Å². The van der Waals surface area contributed by atoms with Gasteiger partial charge in [0.15, 0.2) is 0 Å². The van der Waals surface area contributed by atoms with Crippen LogP contribution in [-0.4, -0.2) is 27.8 Å². The van der Waals surface area contributed by atoms with Crippen molar-refractivity contribution in [1.82, 2.24) is 0 Å². The Hall–Kier alpha value is -0.130. The number of nitrogens with two attached hydrogens (primary N) is 1. The second-order valence-electron chi connectivity index (χ2n) is 2.28. The molecule has 0 aromatic heterocycles. The third-order valence-electron chi connectivity index (χ3n) is 1.35. The molecule has 11 heavy (non-hydrogen) atoms. The van der Waals surface area contributed by atoms with Gasteiger partial charge in [0, 0.05) is 0 Å². The van der Waals surface area contributed by atoms with E-state index >= 15 is 0 Å². The minimum Gasteiger partial charge on any atom is -0.330 e. The molecule has 0 radical (unpaired) electrons. The van der Waals surface area contributed by atoms with Gasteiger partial charge in [0.1, 0.15) is 0 Å². The van der Waals surface area contributed by atoms with Crippen LogP contribution in [0.15, 0.2) is 0 Å². The van der Waals surface area contributed by atoms with Crippen LogP contribution < -0.4 is 5.73 Å². The minimum absolute atomic E-state index is 0.101. The van der Waals surface area contributed by atoms with Crippen LogP contribution in [0.2, 0.25) is 0 Å². The van der Waals surface area contributed by atoms with E-state index in [-0.39, 0.29) is 5.75 Å². The lowest BCUT2D eigenvalue weighted by Gasteiger charge is -1.99. The molecule has 0 fully saturated rings. The highest BCUT2D eigenvalue weighted by Crippen LogP contribution is 1.99. The average Bonchev–Trinajstić information content (AvgIpc) is 1.99. The van der Waals surface area contributed by atoms with Gasteiger partial charge in [-0.1, -0.05) is 6.42 Å². The summed E-state index contributed by atoms with van der Waals surface area (Å²) in [6.45, 7) is 0.618. The van der Waals surface area contributed by atoms with Gasteiger partial charge in [-0.05, 0) is 19.4 Å². The van der Waals surface area contributed by atoms with Gasteiger partial charge in [-0.25, -0.2) is 0 Å². The van der Waals surface area contributed by atoms with Crippen molar-refractivity contribution in [2.45, 2.75) is 19.3 Å². The number of hydrogen-bond donors (Lipinski definition) is 1. The van der Waals surface area contributed by atoms with Crippen molar-refractivity contribution in [3.63, 3.8) is 0 Å². The lowest BCUT2D eigenvalue weighted by molar-refractivity contribution is 0.396. The summed E-state index contributed by atoms with van der Waals surface area (Å²) in [6, 6.07) is 0. The summed E-state index contributed by atoms with van der Waals surface area (Å²) in [7, 11) is -2.06. The lowest BCUT2D eigenvalue weighted by atomic mass is 10.2. The molecule has 0 amide bonds. The van der Waals surface area contributed by atoms with Crippen LogP contribution in [0.4, 0.5) is 0 Å². The highest BCUT2D eigenvalue weighted by atomic mass is 32.2. The minimum atomic E-state index is -3.24. The molecule has 0 aliphatic heterocycles. The molecule has 2 N–H and O–H groups in total. The molecule has 0 rings (SSSR count). The van der Waals surface area contributed by atoms with Crippen LogP contribution in [0.25, 0.3) is 0 Å². The van der Waals surface area contributed by atoms with E-state index < -0.39 is 10.1 Å². The first-order chi connectivity index (χ1) is 5.12. The predicted molar refractivity (Wildman–Crippen MR) is 43.7 cm³/mol. The molecular weight excluding hydrogens is 166 g/mol. The fraction of sp³-hybridized carbons (Fsp3) is 1.00. The summed E-state index contributed by atoms with van der Waals surface area (Å²) in [5.41, 5.74) is 5.23. The van der Waals surface area contributed by atoms with Crippen molar-refractivity contribution in [1.29, 1.82) is 0 Å². The molecule has 0 unspecified atom stereocenters. The summed E-state index contributed by atoms with van der Waals surface area (Å²) in [5, 5.41) is 0. The van der Waals surface area contributed by atoms with Gasteiger partial charge in [0.2, 0.25) is 0 Å². The van der Waals surface area contributed by atoms with E-state index in [2.05, 4.69) is 4.18 Å². The van der Waals surface area contributed by atoms with Crippen molar-refractivity contribution < 1.29 is 12.6 Å². The molecule has 0 aromatic rings. The third-order valence-corrected chi connectivity index (χ3v) is 2.65. The Bertz CT molecular complexity index is 176. The zero-order chi connectivity index (χ0) is 8.74. The van der Waals surface area contributed by atoms with Crippen LogP contribution in [0.1, 0.15) is 19.3 Å². The Morgan fingerprint density at radius 3 is 2.36 bits per heavy atom. The van der Waals surface area contributed by atoms with Gasteiger partial charge >= 0.3 is 0 Å². The largest absolute Gasteiger partial charge is 0.330 e. The molecule has 0 spiro atoms. The summed E-state index contributed by atoms with van der Waals surface area (Å²) in [6.07, 6.45) is 2.35. The summed E-state index contributed by atoms with van der Waals surface area (Å²) in [4.78, 5) is 0. The first kappa shape index (κ1) is 10.9. The number of hydrogen-bond acceptors (Lipinski definition) is 4.